The predicted molar refractivity (Wildman–Crippen MR) is 75.2 cm³/mol. The second kappa shape index (κ2) is 6.04. The van der Waals surface area contributed by atoms with Gasteiger partial charge in [-0.1, -0.05) is 18.7 Å². The van der Waals surface area contributed by atoms with E-state index in [1.54, 1.807) is 30.3 Å². The second-order valence-electron chi connectivity index (χ2n) is 4.53. The Bertz CT molecular complexity index is 631. The SMILES string of the molecule is C=C1C=CC(=O)N1Cc1cccc(C(=O)NCC(=O)O)c1. The summed E-state index contributed by atoms with van der Waals surface area (Å²) in [4.78, 5) is 35.3. The van der Waals surface area contributed by atoms with E-state index in [0.29, 0.717) is 17.8 Å². The number of carboxylic acid groups (broad SMARTS) is 1. The molecule has 0 saturated heterocycles. The van der Waals surface area contributed by atoms with Gasteiger partial charge in [0.05, 0.1) is 6.54 Å². The molecule has 0 radical (unpaired) electrons. The van der Waals surface area contributed by atoms with Gasteiger partial charge in [0.15, 0.2) is 0 Å². The van der Waals surface area contributed by atoms with Crippen molar-refractivity contribution in [1.82, 2.24) is 10.2 Å². The number of amides is 2. The molecule has 6 heteroatoms. The summed E-state index contributed by atoms with van der Waals surface area (Å²) in [6, 6.07) is 6.67. The van der Waals surface area contributed by atoms with Crippen LogP contribution in [0.3, 0.4) is 0 Å². The number of hydrogen-bond donors (Lipinski definition) is 2. The zero-order chi connectivity index (χ0) is 15.4. The Morgan fingerprint density at radius 1 is 1.29 bits per heavy atom. The van der Waals surface area contributed by atoms with Crippen LogP contribution in [0.2, 0.25) is 0 Å². The van der Waals surface area contributed by atoms with Crippen LogP contribution < -0.4 is 5.32 Å². The van der Waals surface area contributed by atoms with E-state index < -0.39 is 18.4 Å². The molecule has 6 nitrogen and oxygen atoms in total. The summed E-state index contributed by atoms with van der Waals surface area (Å²) in [5.74, 6) is -1.73. The largest absolute Gasteiger partial charge is 0.480 e. The van der Waals surface area contributed by atoms with Gasteiger partial charge in [0.25, 0.3) is 11.8 Å². The number of carbonyl (C=O) groups excluding carboxylic acids is 2. The van der Waals surface area contributed by atoms with E-state index in [-0.39, 0.29) is 5.91 Å². The molecule has 1 aromatic rings. The molecule has 108 valence electrons. The van der Waals surface area contributed by atoms with Gasteiger partial charge in [-0.15, -0.1) is 0 Å². The standard InChI is InChI=1S/C15H14N2O4/c1-10-5-6-13(18)17(10)9-11-3-2-4-12(7-11)15(21)16-8-14(19)20/h2-7H,1,8-9H2,(H,16,21)(H,19,20). The fourth-order valence-electron chi connectivity index (χ4n) is 1.92. The van der Waals surface area contributed by atoms with Crippen LogP contribution in [0.1, 0.15) is 15.9 Å². The van der Waals surface area contributed by atoms with E-state index >= 15 is 0 Å². The van der Waals surface area contributed by atoms with Gasteiger partial charge in [-0.3, -0.25) is 14.4 Å². The maximum absolute atomic E-state index is 11.8. The van der Waals surface area contributed by atoms with Crippen molar-refractivity contribution in [2.45, 2.75) is 6.54 Å². The number of rotatable bonds is 5. The highest BCUT2D eigenvalue weighted by molar-refractivity contribution is 5.96. The number of hydrogen-bond acceptors (Lipinski definition) is 3. The van der Waals surface area contributed by atoms with Crippen molar-refractivity contribution >= 4 is 17.8 Å². The number of benzene rings is 1. The Kier molecular flexibility index (Phi) is 4.18. The van der Waals surface area contributed by atoms with Crippen molar-refractivity contribution in [3.8, 4) is 0 Å². The number of allylic oxidation sites excluding steroid dienone is 1. The van der Waals surface area contributed by atoms with E-state index in [4.69, 9.17) is 5.11 Å². The van der Waals surface area contributed by atoms with Gasteiger partial charge in [-0.25, -0.2) is 0 Å². The van der Waals surface area contributed by atoms with Gasteiger partial charge in [0, 0.05) is 17.3 Å². The summed E-state index contributed by atoms with van der Waals surface area (Å²) >= 11 is 0. The first kappa shape index (κ1) is 14.5. The number of nitrogens with zero attached hydrogens (tertiary/aromatic N) is 1. The molecule has 2 N–H and O–H groups in total. The average Bonchev–Trinajstić information content (AvgIpc) is 2.77. The van der Waals surface area contributed by atoms with Crippen molar-refractivity contribution in [2.24, 2.45) is 0 Å². The number of carbonyl (C=O) groups is 3. The van der Waals surface area contributed by atoms with Gasteiger partial charge < -0.3 is 15.3 Å². The molecule has 1 heterocycles. The van der Waals surface area contributed by atoms with Crippen LogP contribution in [0, 0.1) is 0 Å². The van der Waals surface area contributed by atoms with Gasteiger partial charge in [-0.2, -0.15) is 0 Å². The normalized spacial score (nSPS) is 13.6. The zero-order valence-corrected chi connectivity index (χ0v) is 11.2. The molecule has 1 aliphatic heterocycles. The Morgan fingerprint density at radius 2 is 2.05 bits per heavy atom. The Balaban J connectivity index is 2.07. The topological polar surface area (TPSA) is 86.7 Å². The van der Waals surface area contributed by atoms with Crippen molar-refractivity contribution in [3.05, 3.63) is 59.8 Å². The van der Waals surface area contributed by atoms with Crippen LogP contribution in [-0.4, -0.2) is 34.3 Å². The molecule has 21 heavy (non-hydrogen) atoms. The summed E-state index contributed by atoms with van der Waals surface area (Å²) in [6.07, 6.45) is 3.07. The number of nitrogens with one attached hydrogen (secondary N) is 1. The molecule has 0 fully saturated rings. The summed E-state index contributed by atoms with van der Waals surface area (Å²) in [6.45, 7) is 3.64. The van der Waals surface area contributed by atoms with Gasteiger partial charge >= 0.3 is 5.97 Å². The zero-order valence-electron chi connectivity index (χ0n) is 11.2. The minimum atomic E-state index is -1.11. The smallest absolute Gasteiger partial charge is 0.322 e. The van der Waals surface area contributed by atoms with E-state index in [2.05, 4.69) is 11.9 Å². The first-order chi connectivity index (χ1) is 9.97. The molecule has 0 bridgehead atoms. The fraction of sp³-hybridized carbons (Fsp3) is 0.133. The summed E-state index contributed by atoms with van der Waals surface area (Å²) in [7, 11) is 0. The molecule has 1 aliphatic rings. The minimum Gasteiger partial charge on any atom is -0.480 e. The Labute approximate surface area is 121 Å². The summed E-state index contributed by atoms with van der Waals surface area (Å²) < 4.78 is 0. The molecule has 0 spiro atoms. The maximum atomic E-state index is 11.8. The van der Waals surface area contributed by atoms with Crippen LogP contribution in [0.5, 0.6) is 0 Å². The molecule has 0 saturated carbocycles. The van der Waals surface area contributed by atoms with Crippen LogP contribution in [0.25, 0.3) is 0 Å². The second-order valence-corrected chi connectivity index (χ2v) is 4.53. The van der Waals surface area contributed by atoms with E-state index in [0.717, 1.165) is 5.56 Å². The van der Waals surface area contributed by atoms with E-state index in [9.17, 15) is 14.4 Å². The molecule has 0 unspecified atom stereocenters. The van der Waals surface area contributed by atoms with Gasteiger partial charge in [0.2, 0.25) is 0 Å². The van der Waals surface area contributed by atoms with Gasteiger partial charge in [0.1, 0.15) is 6.54 Å². The van der Waals surface area contributed by atoms with Crippen LogP contribution in [0.4, 0.5) is 0 Å². The minimum absolute atomic E-state index is 0.152. The summed E-state index contributed by atoms with van der Waals surface area (Å²) in [5, 5.41) is 10.8. The molecule has 1 aromatic carbocycles. The third kappa shape index (κ3) is 3.56. The van der Waals surface area contributed by atoms with Crippen molar-refractivity contribution in [2.75, 3.05) is 6.54 Å². The van der Waals surface area contributed by atoms with Crippen molar-refractivity contribution in [3.63, 3.8) is 0 Å². The highest BCUT2D eigenvalue weighted by Crippen LogP contribution is 2.17. The maximum Gasteiger partial charge on any atom is 0.322 e. The van der Waals surface area contributed by atoms with Gasteiger partial charge in [-0.05, 0) is 23.8 Å². The molecule has 0 aliphatic carbocycles. The number of carboxylic acids is 1. The molecule has 0 aromatic heterocycles. The van der Waals surface area contributed by atoms with Crippen LogP contribution in [-0.2, 0) is 16.1 Å². The van der Waals surface area contributed by atoms with E-state index in [1.807, 2.05) is 0 Å². The lowest BCUT2D eigenvalue weighted by Crippen LogP contribution is -2.29. The average molecular weight is 286 g/mol. The molecule has 0 atom stereocenters. The Hall–Kier alpha value is -2.89. The predicted octanol–water partition coefficient (Wildman–Crippen LogP) is 0.913. The lowest BCUT2D eigenvalue weighted by molar-refractivity contribution is -0.135. The first-order valence-corrected chi connectivity index (χ1v) is 6.25. The Morgan fingerprint density at radius 3 is 2.67 bits per heavy atom. The monoisotopic (exact) mass is 286 g/mol. The third-order valence-corrected chi connectivity index (χ3v) is 2.96. The molecular formula is C15H14N2O4. The van der Waals surface area contributed by atoms with E-state index in [1.165, 1.54) is 11.0 Å². The lowest BCUT2D eigenvalue weighted by Gasteiger charge is -2.17. The summed E-state index contributed by atoms with van der Waals surface area (Å²) in [5.41, 5.74) is 1.70. The lowest BCUT2D eigenvalue weighted by atomic mass is 10.1. The highest BCUT2D eigenvalue weighted by atomic mass is 16.4. The quantitative estimate of drug-likeness (QED) is 0.842. The van der Waals surface area contributed by atoms with Crippen molar-refractivity contribution in [1.29, 1.82) is 0 Å². The third-order valence-electron chi connectivity index (χ3n) is 2.96. The van der Waals surface area contributed by atoms with Crippen LogP contribution >= 0.6 is 0 Å². The van der Waals surface area contributed by atoms with Crippen molar-refractivity contribution < 1.29 is 19.5 Å². The van der Waals surface area contributed by atoms with Crippen LogP contribution in [0.15, 0.2) is 48.7 Å². The number of aliphatic carboxylic acids is 1. The molecule has 2 rings (SSSR count). The molecule has 2 amide bonds. The first-order valence-electron chi connectivity index (χ1n) is 6.25. The fourth-order valence-corrected chi connectivity index (χ4v) is 1.92. The highest BCUT2D eigenvalue weighted by Gasteiger charge is 2.19. The molecular weight excluding hydrogens is 272 g/mol.